The monoisotopic (exact) mass is 252 g/mol. The van der Waals surface area contributed by atoms with Crippen LogP contribution in [0.3, 0.4) is 0 Å². The van der Waals surface area contributed by atoms with Crippen molar-refractivity contribution in [2.75, 3.05) is 6.61 Å². The first-order valence-electron chi connectivity index (χ1n) is 5.30. The second kappa shape index (κ2) is 3.34. The van der Waals surface area contributed by atoms with Crippen LogP contribution in [-0.4, -0.2) is 25.9 Å². The molecule has 88 valence electrons. The van der Waals surface area contributed by atoms with Gasteiger partial charge in [-0.1, -0.05) is 13.8 Å². The van der Waals surface area contributed by atoms with Gasteiger partial charge in [-0.3, -0.25) is 0 Å². The first-order valence-corrected chi connectivity index (χ1v) is 7.61. The van der Waals surface area contributed by atoms with E-state index in [-0.39, 0.29) is 11.5 Å². The maximum absolute atomic E-state index is 11.4. The molecule has 2 aliphatic rings. The summed E-state index contributed by atoms with van der Waals surface area (Å²) in [6, 6.07) is 0. The van der Waals surface area contributed by atoms with Gasteiger partial charge in [0.05, 0.1) is 17.5 Å². The Morgan fingerprint density at radius 2 is 2.00 bits per heavy atom. The lowest BCUT2D eigenvalue weighted by Crippen LogP contribution is -2.25. The van der Waals surface area contributed by atoms with Gasteiger partial charge < -0.3 is 4.74 Å². The Hall–Kier alpha value is 0.200. The van der Waals surface area contributed by atoms with E-state index in [9.17, 15) is 8.42 Å². The van der Waals surface area contributed by atoms with Gasteiger partial charge in [0.15, 0.2) is 0 Å². The van der Waals surface area contributed by atoms with E-state index >= 15 is 0 Å². The van der Waals surface area contributed by atoms with Crippen molar-refractivity contribution in [2.24, 2.45) is 5.41 Å². The minimum atomic E-state index is -3.42. The first kappa shape index (κ1) is 11.7. The van der Waals surface area contributed by atoms with Gasteiger partial charge in [-0.2, -0.15) is 0 Å². The summed E-state index contributed by atoms with van der Waals surface area (Å²) in [7, 11) is 2.03. The summed E-state index contributed by atoms with van der Waals surface area (Å²) >= 11 is 0. The Kier molecular flexibility index (Phi) is 2.60. The highest BCUT2D eigenvalue weighted by molar-refractivity contribution is 8.15. The zero-order valence-corrected chi connectivity index (χ0v) is 10.7. The van der Waals surface area contributed by atoms with E-state index < -0.39 is 13.8 Å². The SMILES string of the molecule is CC1(C)COC(CC2(S(=O)(=O)Cl)CC2)C1. The molecule has 1 unspecified atom stereocenters. The van der Waals surface area contributed by atoms with Gasteiger partial charge in [0.2, 0.25) is 9.05 Å². The molecule has 1 heterocycles. The minimum absolute atomic E-state index is 0.0658. The third-order valence-electron chi connectivity index (χ3n) is 3.41. The Morgan fingerprint density at radius 1 is 1.40 bits per heavy atom. The molecule has 1 aliphatic carbocycles. The Bertz CT molecular complexity index is 357. The van der Waals surface area contributed by atoms with Crippen LogP contribution in [0.25, 0.3) is 0 Å². The molecule has 1 atom stereocenters. The molecular formula is C10H17ClO3S. The summed E-state index contributed by atoms with van der Waals surface area (Å²) in [5.41, 5.74) is 0.177. The number of hydrogen-bond donors (Lipinski definition) is 0. The molecule has 0 aromatic carbocycles. The second-order valence-electron chi connectivity index (χ2n) is 5.63. The van der Waals surface area contributed by atoms with Crippen molar-refractivity contribution in [3.8, 4) is 0 Å². The molecule has 1 saturated carbocycles. The second-order valence-corrected chi connectivity index (χ2v) is 8.59. The lowest BCUT2D eigenvalue weighted by atomic mass is 9.89. The van der Waals surface area contributed by atoms with E-state index in [2.05, 4.69) is 13.8 Å². The highest BCUT2D eigenvalue weighted by Crippen LogP contribution is 2.51. The fourth-order valence-corrected chi connectivity index (χ4v) is 3.94. The van der Waals surface area contributed by atoms with Crippen molar-refractivity contribution < 1.29 is 13.2 Å². The van der Waals surface area contributed by atoms with Crippen molar-refractivity contribution in [2.45, 2.75) is 50.4 Å². The van der Waals surface area contributed by atoms with Gasteiger partial charge in [0, 0.05) is 10.7 Å². The molecule has 1 saturated heterocycles. The Balaban J connectivity index is 2.00. The Labute approximate surface area is 95.6 Å². The predicted molar refractivity (Wildman–Crippen MR) is 59.5 cm³/mol. The highest BCUT2D eigenvalue weighted by Gasteiger charge is 2.55. The number of rotatable bonds is 3. The molecule has 1 aliphatic heterocycles. The zero-order valence-electron chi connectivity index (χ0n) is 9.12. The smallest absolute Gasteiger partial charge is 0.238 e. The predicted octanol–water partition coefficient (Wildman–Crippen LogP) is 2.29. The lowest BCUT2D eigenvalue weighted by molar-refractivity contribution is 0.0918. The van der Waals surface area contributed by atoms with Gasteiger partial charge in [0.1, 0.15) is 0 Å². The molecule has 0 aromatic heterocycles. The highest BCUT2D eigenvalue weighted by atomic mass is 35.7. The maximum Gasteiger partial charge on any atom is 0.238 e. The van der Waals surface area contributed by atoms with E-state index in [0.717, 1.165) is 13.0 Å². The van der Waals surface area contributed by atoms with E-state index in [4.69, 9.17) is 15.4 Å². The van der Waals surface area contributed by atoms with Gasteiger partial charge in [-0.15, -0.1) is 0 Å². The molecule has 3 nitrogen and oxygen atoms in total. The van der Waals surface area contributed by atoms with Gasteiger partial charge in [-0.25, -0.2) is 8.42 Å². The summed E-state index contributed by atoms with van der Waals surface area (Å²) in [6.07, 6.45) is 2.96. The van der Waals surface area contributed by atoms with Crippen LogP contribution in [0.2, 0.25) is 0 Å². The summed E-state index contributed by atoms with van der Waals surface area (Å²) in [5.74, 6) is 0. The van der Waals surface area contributed by atoms with Gasteiger partial charge >= 0.3 is 0 Å². The van der Waals surface area contributed by atoms with Crippen molar-refractivity contribution in [1.29, 1.82) is 0 Å². The molecular weight excluding hydrogens is 236 g/mol. The summed E-state index contributed by atoms with van der Waals surface area (Å²) < 4.78 is 27.7. The molecule has 0 radical (unpaired) electrons. The lowest BCUT2D eigenvalue weighted by Gasteiger charge is -2.17. The summed E-state index contributed by atoms with van der Waals surface area (Å²) in [6.45, 7) is 5.00. The third kappa shape index (κ3) is 2.32. The fourth-order valence-electron chi connectivity index (χ4n) is 2.31. The zero-order chi connectivity index (χ0) is 11.3. The molecule has 2 fully saturated rings. The van der Waals surface area contributed by atoms with Crippen molar-refractivity contribution >= 4 is 19.7 Å². The van der Waals surface area contributed by atoms with Crippen LogP contribution in [0.15, 0.2) is 0 Å². The van der Waals surface area contributed by atoms with Crippen LogP contribution in [0.5, 0.6) is 0 Å². The fraction of sp³-hybridized carbons (Fsp3) is 1.00. The molecule has 0 spiro atoms. The van der Waals surface area contributed by atoms with Crippen LogP contribution in [-0.2, 0) is 13.8 Å². The minimum Gasteiger partial charge on any atom is -0.378 e. The largest absolute Gasteiger partial charge is 0.378 e. The standard InChI is InChI=1S/C10H17ClO3S/c1-9(2)5-8(14-7-9)6-10(3-4-10)15(11,12)13/h8H,3-7H2,1-2H3. The molecule has 0 aromatic rings. The average molecular weight is 253 g/mol. The maximum atomic E-state index is 11.4. The molecule has 0 N–H and O–H groups in total. The summed E-state index contributed by atoms with van der Waals surface area (Å²) in [4.78, 5) is 0. The van der Waals surface area contributed by atoms with Crippen LogP contribution in [0, 0.1) is 5.41 Å². The van der Waals surface area contributed by atoms with Crippen LogP contribution in [0.1, 0.15) is 39.5 Å². The van der Waals surface area contributed by atoms with Crippen LogP contribution >= 0.6 is 10.7 Å². The quantitative estimate of drug-likeness (QED) is 0.724. The third-order valence-corrected chi connectivity index (χ3v) is 6.01. The Morgan fingerprint density at radius 3 is 2.33 bits per heavy atom. The number of hydrogen-bond acceptors (Lipinski definition) is 3. The average Bonchev–Trinajstić information content (AvgIpc) is 2.73. The van der Waals surface area contributed by atoms with Gasteiger partial charge in [0.25, 0.3) is 0 Å². The van der Waals surface area contributed by atoms with Crippen molar-refractivity contribution in [3.05, 3.63) is 0 Å². The summed E-state index contributed by atoms with van der Waals surface area (Å²) in [5, 5.41) is 0. The first-order chi connectivity index (χ1) is 6.74. The topological polar surface area (TPSA) is 43.4 Å². The number of halogens is 1. The number of ether oxygens (including phenoxy) is 1. The van der Waals surface area contributed by atoms with Crippen LogP contribution in [0.4, 0.5) is 0 Å². The van der Waals surface area contributed by atoms with Crippen LogP contribution < -0.4 is 0 Å². The van der Waals surface area contributed by atoms with E-state index in [1.165, 1.54) is 0 Å². The van der Waals surface area contributed by atoms with E-state index in [0.29, 0.717) is 19.3 Å². The normalized spacial score (nSPS) is 32.9. The van der Waals surface area contributed by atoms with E-state index in [1.807, 2.05) is 0 Å². The molecule has 15 heavy (non-hydrogen) atoms. The van der Waals surface area contributed by atoms with Crippen molar-refractivity contribution in [1.82, 2.24) is 0 Å². The van der Waals surface area contributed by atoms with Crippen molar-refractivity contribution in [3.63, 3.8) is 0 Å². The molecule has 0 amide bonds. The molecule has 5 heteroatoms. The van der Waals surface area contributed by atoms with E-state index in [1.54, 1.807) is 0 Å². The van der Waals surface area contributed by atoms with Gasteiger partial charge in [-0.05, 0) is 31.1 Å². The molecule has 0 bridgehead atoms. The molecule has 2 rings (SSSR count).